The second kappa shape index (κ2) is 7.60. The van der Waals surface area contributed by atoms with Crippen molar-refractivity contribution in [1.82, 2.24) is 0 Å². The van der Waals surface area contributed by atoms with Crippen molar-refractivity contribution in [2.24, 2.45) is 11.5 Å². The van der Waals surface area contributed by atoms with Gasteiger partial charge in [0.25, 0.3) is 0 Å². The normalized spacial score (nSPS) is 11.2. The van der Waals surface area contributed by atoms with Gasteiger partial charge in [0, 0.05) is 12.6 Å². The molecule has 0 aliphatic carbocycles. The third-order valence-electron chi connectivity index (χ3n) is 2.40. The summed E-state index contributed by atoms with van der Waals surface area (Å²) >= 11 is 0. The first-order chi connectivity index (χ1) is 8.24. The van der Waals surface area contributed by atoms with Crippen LogP contribution < -0.4 is 11.5 Å². The van der Waals surface area contributed by atoms with E-state index in [-0.39, 0.29) is 6.04 Å². The van der Waals surface area contributed by atoms with E-state index in [1.165, 1.54) is 11.1 Å². The summed E-state index contributed by atoms with van der Waals surface area (Å²) in [6.45, 7) is 2.62. The van der Waals surface area contributed by atoms with Crippen molar-refractivity contribution in [2.45, 2.75) is 19.5 Å². The number of hydrogen-bond donors (Lipinski definition) is 2. The van der Waals surface area contributed by atoms with Gasteiger partial charge in [0.2, 0.25) is 0 Å². The fourth-order valence-corrected chi connectivity index (χ4v) is 1.37. The molecule has 2 heteroatoms. The zero-order chi connectivity index (χ0) is 12.5. The first-order valence-corrected chi connectivity index (χ1v) is 5.78. The highest BCUT2D eigenvalue weighted by atomic mass is 14.6. The first-order valence-electron chi connectivity index (χ1n) is 5.78. The molecule has 0 amide bonds. The molecule has 2 rings (SSSR count). The zero-order valence-corrected chi connectivity index (χ0v) is 10.2. The second-order valence-corrected chi connectivity index (χ2v) is 3.89. The van der Waals surface area contributed by atoms with Crippen molar-refractivity contribution < 1.29 is 0 Å². The number of hydrogen-bond acceptors (Lipinski definition) is 2. The predicted molar refractivity (Wildman–Crippen MR) is 73.4 cm³/mol. The molecule has 0 aliphatic heterocycles. The van der Waals surface area contributed by atoms with Crippen molar-refractivity contribution in [1.29, 1.82) is 0 Å². The van der Waals surface area contributed by atoms with Crippen LogP contribution in [0.2, 0.25) is 0 Å². The fraction of sp³-hybridized carbons (Fsp3) is 0.200. The van der Waals surface area contributed by atoms with Crippen LogP contribution in [0.5, 0.6) is 0 Å². The van der Waals surface area contributed by atoms with Crippen LogP contribution in [0.25, 0.3) is 0 Å². The fourth-order valence-electron chi connectivity index (χ4n) is 1.37. The lowest BCUT2D eigenvalue weighted by Crippen LogP contribution is -2.03. The van der Waals surface area contributed by atoms with Gasteiger partial charge in [-0.2, -0.15) is 0 Å². The largest absolute Gasteiger partial charge is 0.326 e. The molecule has 4 N–H and O–H groups in total. The number of nitrogens with two attached hydrogens (primary N) is 2. The maximum Gasteiger partial charge on any atom is 0.0266 e. The minimum absolute atomic E-state index is 0.159. The molecule has 17 heavy (non-hydrogen) atoms. The summed E-state index contributed by atoms with van der Waals surface area (Å²) in [7, 11) is 0. The summed E-state index contributed by atoms with van der Waals surface area (Å²) in [5.41, 5.74) is 13.3. The van der Waals surface area contributed by atoms with E-state index in [4.69, 9.17) is 11.5 Å². The molecule has 2 aromatic carbocycles. The van der Waals surface area contributed by atoms with Crippen molar-refractivity contribution in [3.05, 3.63) is 71.8 Å². The molecule has 1 atom stereocenters. The summed E-state index contributed by atoms with van der Waals surface area (Å²) in [6.07, 6.45) is 0. The summed E-state index contributed by atoms with van der Waals surface area (Å²) < 4.78 is 0. The maximum atomic E-state index is 5.61. The summed E-state index contributed by atoms with van der Waals surface area (Å²) in [6, 6.07) is 20.2. The topological polar surface area (TPSA) is 52.0 Å². The van der Waals surface area contributed by atoms with Crippen molar-refractivity contribution in [3.8, 4) is 0 Å². The molecule has 0 bridgehead atoms. The van der Waals surface area contributed by atoms with E-state index in [1.807, 2.05) is 67.6 Å². The van der Waals surface area contributed by atoms with E-state index in [1.54, 1.807) is 0 Å². The summed E-state index contributed by atoms with van der Waals surface area (Å²) in [5.74, 6) is 0. The van der Waals surface area contributed by atoms with Crippen molar-refractivity contribution in [3.63, 3.8) is 0 Å². The van der Waals surface area contributed by atoms with Crippen LogP contribution in [0.15, 0.2) is 60.7 Å². The Morgan fingerprint density at radius 2 is 1.35 bits per heavy atom. The van der Waals surface area contributed by atoms with E-state index in [9.17, 15) is 0 Å². The Hall–Kier alpha value is -1.64. The molecule has 0 heterocycles. The van der Waals surface area contributed by atoms with Gasteiger partial charge in [-0.25, -0.2) is 0 Å². The molecule has 0 saturated heterocycles. The van der Waals surface area contributed by atoms with Crippen LogP contribution in [-0.4, -0.2) is 0 Å². The molecule has 90 valence electrons. The molecular weight excluding hydrogens is 208 g/mol. The van der Waals surface area contributed by atoms with E-state index < -0.39 is 0 Å². The lowest BCUT2D eigenvalue weighted by Gasteiger charge is -2.02. The monoisotopic (exact) mass is 228 g/mol. The van der Waals surface area contributed by atoms with Crippen LogP contribution in [0.3, 0.4) is 0 Å². The Balaban J connectivity index is 0.000000171. The van der Waals surface area contributed by atoms with E-state index >= 15 is 0 Å². The SMILES string of the molecule is CC(N)c1ccccc1.NCc1ccccc1. The first kappa shape index (κ1) is 13.4. The van der Waals surface area contributed by atoms with Crippen LogP contribution in [0.1, 0.15) is 24.1 Å². The average Bonchev–Trinajstić information content (AvgIpc) is 2.41. The minimum Gasteiger partial charge on any atom is -0.326 e. The second-order valence-electron chi connectivity index (χ2n) is 3.89. The highest BCUT2D eigenvalue weighted by molar-refractivity contribution is 5.17. The molecule has 0 fully saturated rings. The Kier molecular flexibility index (Phi) is 6.00. The van der Waals surface area contributed by atoms with Crippen LogP contribution in [0.4, 0.5) is 0 Å². The molecule has 2 aromatic rings. The van der Waals surface area contributed by atoms with Crippen molar-refractivity contribution >= 4 is 0 Å². The smallest absolute Gasteiger partial charge is 0.0266 e. The average molecular weight is 228 g/mol. The lowest BCUT2D eigenvalue weighted by molar-refractivity contribution is 0.818. The molecule has 1 unspecified atom stereocenters. The third kappa shape index (κ3) is 5.29. The quantitative estimate of drug-likeness (QED) is 0.830. The Bertz CT molecular complexity index is 396. The van der Waals surface area contributed by atoms with Gasteiger partial charge in [0.1, 0.15) is 0 Å². The van der Waals surface area contributed by atoms with E-state index in [0.717, 1.165) is 0 Å². The minimum atomic E-state index is 0.159. The van der Waals surface area contributed by atoms with Crippen LogP contribution in [0, 0.1) is 0 Å². The molecular formula is C15H20N2. The van der Waals surface area contributed by atoms with Gasteiger partial charge < -0.3 is 11.5 Å². The predicted octanol–water partition coefficient (Wildman–Crippen LogP) is 2.85. The standard InChI is InChI=1S/C8H11N.C7H9N/c1-7(9)8-5-3-2-4-6-8;8-6-7-4-2-1-3-5-7/h2-7H,9H2,1H3;1-5H,6,8H2. The maximum absolute atomic E-state index is 5.61. The zero-order valence-electron chi connectivity index (χ0n) is 10.2. The number of benzene rings is 2. The summed E-state index contributed by atoms with van der Waals surface area (Å²) in [4.78, 5) is 0. The van der Waals surface area contributed by atoms with Gasteiger partial charge in [0.05, 0.1) is 0 Å². The Morgan fingerprint density at radius 3 is 1.65 bits per heavy atom. The molecule has 0 radical (unpaired) electrons. The van der Waals surface area contributed by atoms with Crippen LogP contribution >= 0.6 is 0 Å². The van der Waals surface area contributed by atoms with Crippen molar-refractivity contribution in [2.75, 3.05) is 0 Å². The van der Waals surface area contributed by atoms with Gasteiger partial charge >= 0.3 is 0 Å². The van der Waals surface area contributed by atoms with Gasteiger partial charge in [-0.1, -0.05) is 60.7 Å². The van der Waals surface area contributed by atoms with E-state index in [2.05, 4.69) is 0 Å². The lowest BCUT2D eigenvalue weighted by atomic mass is 10.1. The highest BCUT2D eigenvalue weighted by Crippen LogP contribution is 2.06. The number of rotatable bonds is 2. The summed E-state index contributed by atoms with van der Waals surface area (Å²) in [5, 5.41) is 0. The van der Waals surface area contributed by atoms with Gasteiger partial charge in [-0.05, 0) is 18.1 Å². The molecule has 0 aliphatic rings. The van der Waals surface area contributed by atoms with Crippen LogP contribution in [-0.2, 0) is 6.54 Å². The molecule has 0 saturated carbocycles. The van der Waals surface area contributed by atoms with Gasteiger partial charge in [0.15, 0.2) is 0 Å². The van der Waals surface area contributed by atoms with E-state index in [0.29, 0.717) is 6.54 Å². The molecule has 0 aromatic heterocycles. The molecule has 0 spiro atoms. The Morgan fingerprint density at radius 1 is 0.882 bits per heavy atom. The van der Waals surface area contributed by atoms with Gasteiger partial charge in [-0.15, -0.1) is 0 Å². The Labute approximate surface area is 103 Å². The molecule has 2 nitrogen and oxygen atoms in total. The highest BCUT2D eigenvalue weighted by Gasteiger charge is 1.93. The third-order valence-corrected chi connectivity index (χ3v) is 2.40. The van der Waals surface area contributed by atoms with Gasteiger partial charge in [-0.3, -0.25) is 0 Å².